The summed E-state index contributed by atoms with van der Waals surface area (Å²) in [6, 6.07) is 27.8. The minimum absolute atomic E-state index is 0.239. The molecule has 0 unspecified atom stereocenters. The van der Waals surface area contributed by atoms with Crippen molar-refractivity contribution < 1.29 is 23.9 Å². The fourth-order valence-corrected chi connectivity index (χ4v) is 4.59. The number of rotatable bonds is 8. The van der Waals surface area contributed by atoms with E-state index in [0.29, 0.717) is 28.7 Å². The number of carbonyl (C=O) groups is 3. The zero-order chi connectivity index (χ0) is 28.1. The molecule has 7 nitrogen and oxygen atoms in total. The maximum Gasteiger partial charge on any atom is 0.335 e. The number of ether oxygens (including phenoxy) is 2. The Balaban J connectivity index is 1.37. The molecule has 0 atom stereocenters. The van der Waals surface area contributed by atoms with Crippen LogP contribution in [0.5, 0.6) is 11.5 Å². The van der Waals surface area contributed by atoms with E-state index in [1.54, 1.807) is 42.5 Å². The molecule has 40 heavy (non-hydrogen) atoms. The quantitative estimate of drug-likeness (QED) is 0.171. The molecule has 4 aromatic rings. The Labute approximate surface area is 244 Å². The van der Waals surface area contributed by atoms with Gasteiger partial charge in [-0.05, 0) is 60.2 Å². The van der Waals surface area contributed by atoms with Crippen LogP contribution in [0, 0.1) is 0 Å². The fourth-order valence-electron chi connectivity index (χ4n) is 4.01. The van der Waals surface area contributed by atoms with Crippen LogP contribution >= 0.6 is 27.5 Å². The van der Waals surface area contributed by atoms with Gasteiger partial charge in [-0.2, -0.15) is 0 Å². The maximum absolute atomic E-state index is 13.4. The Hall–Kier alpha value is -4.40. The fraction of sp³-hybridized carbons (Fsp3) is 0.0645. The smallest absolute Gasteiger partial charge is 0.335 e. The van der Waals surface area contributed by atoms with Gasteiger partial charge in [-0.1, -0.05) is 76.1 Å². The molecule has 1 fully saturated rings. The molecule has 5 rings (SSSR count). The third-order valence-electron chi connectivity index (χ3n) is 6.06. The third-order valence-corrected chi connectivity index (χ3v) is 7.07. The van der Waals surface area contributed by atoms with Crippen LogP contribution in [0.15, 0.2) is 107 Å². The number of nitrogens with one attached hydrogen (secondary N) is 1. The van der Waals surface area contributed by atoms with Crippen molar-refractivity contribution in [2.24, 2.45) is 0 Å². The highest BCUT2D eigenvalue weighted by atomic mass is 79.9. The highest BCUT2D eigenvalue weighted by Crippen LogP contribution is 2.30. The number of amides is 4. The standard InChI is InChI=1S/C31H22BrClN2O5/c32-27-9-5-4-8-21(27)19-40-28-15-10-23(33)16-22(28)17-26-29(36)34-31(38)35(30(26)37)24-11-13-25(14-12-24)39-18-20-6-2-1-3-7-20/h1-17H,18-19H2,(H,34,36,38)/b26-17+. The van der Waals surface area contributed by atoms with E-state index in [2.05, 4.69) is 21.2 Å². The Bertz CT molecular complexity index is 1610. The molecule has 200 valence electrons. The van der Waals surface area contributed by atoms with E-state index in [4.69, 9.17) is 21.1 Å². The number of hydrogen-bond donors (Lipinski definition) is 1. The molecule has 9 heteroatoms. The average Bonchev–Trinajstić information content (AvgIpc) is 2.95. The Morgan fingerprint density at radius 3 is 2.30 bits per heavy atom. The molecule has 1 heterocycles. The predicted octanol–water partition coefficient (Wildman–Crippen LogP) is 6.93. The first-order valence-corrected chi connectivity index (χ1v) is 13.4. The number of anilines is 1. The first-order valence-electron chi connectivity index (χ1n) is 12.2. The summed E-state index contributed by atoms with van der Waals surface area (Å²) in [6.07, 6.45) is 1.37. The van der Waals surface area contributed by atoms with Gasteiger partial charge in [0.1, 0.15) is 30.3 Å². The summed E-state index contributed by atoms with van der Waals surface area (Å²) in [4.78, 5) is 39.8. The van der Waals surface area contributed by atoms with Crippen molar-refractivity contribution in [1.82, 2.24) is 5.32 Å². The maximum atomic E-state index is 13.4. The van der Waals surface area contributed by atoms with Crippen molar-refractivity contribution in [2.75, 3.05) is 4.90 Å². The molecule has 0 saturated carbocycles. The van der Waals surface area contributed by atoms with Crippen LogP contribution in [0.4, 0.5) is 10.5 Å². The first-order chi connectivity index (χ1) is 19.4. The first kappa shape index (κ1) is 27.2. The Morgan fingerprint density at radius 1 is 0.825 bits per heavy atom. The lowest BCUT2D eigenvalue weighted by Crippen LogP contribution is -2.54. The molecule has 4 aromatic carbocycles. The highest BCUT2D eigenvalue weighted by molar-refractivity contribution is 9.10. The molecule has 0 aliphatic carbocycles. The zero-order valence-electron chi connectivity index (χ0n) is 21.0. The van der Waals surface area contributed by atoms with Crippen LogP contribution in [0.2, 0.25) is 5.02 Å². The second kappa shape index (κ2) is 12.2. The molecular weight excluding hydrogens is 596 g/mol. The van der Waals surface area contributed by atoms with Gasteiger partial charge in [0, 0.05) is 20.6 Å². The van der Waals surface area contributed by atoms with E-state index >= 15 is 0 Å². The number of carbonyl (C=O) groups excluding carboxylic acids is 3. The molecule has 1 aliphatic heterocycles. The van der Waals surface area contributed by atoms with Crippen LogP contribution < -0.4 is 19.7 Å². The molecule has 0 aromatic heterocycles. The van der Waals surface area contributed by atoms with Gasteiger partial charge in [-0.15, -0.1) is 0 Å². The van der Waals surface area contributed by atoms with Crippen LogP contribution in [-0.4, -0.2) is 17.8 Å². The lowest BCUT2D eigenvalue weighted by molar-refractivity contribution is -0.122. The van der Waals surface area contributed by atoms with Gasteiger partial charge in [-0.3, -0.25) is 14.9 Å². The number of hydrogen-bond acceptors (Lipinski definition) is 5. The number of imide groups is 2. The van der Waals surface area contributed by atoms with Crippen LogP contribution in [-0.2, 0) is 22.8 Å². The number of barbiturate groups is 1. The highest BCUT2D eigenvalue weighted by Gasteiger charge is 2.37. The minimum atomic E-state index is -0.846. The second-order valence-electron chi connectivity index (χ2n) is 8.79. The average molecular weight is 618 g/mol. The number of benzene rings is 4. The second-order valence-corrected chi connectivity index (χ2v) is 10.1. The predicted molar refractivity (Wildman–Crippen MR) is 156 cm³/mol. The van der Waals surface area contributed by atoms with Gasteiger partial charge in [-0.25, -0.2) is 9.69 Å². The summed E-state index contributed by atoms with van der Waals surface area (Å²) in [5.41, 5.74) is 2.38. The van der Waals surface area contributed by atoms with Crippen molar-refractivity contribution >= 4 is 57.1 Å². The summed E-state index contributed by atoms with van der Waals surface area (Å²) in [6.45, 7) is 0.610. The van der Waals surface area contributed by atoms with Crippen LogP contribution in [0.3, 0.4) is 0 Å². The summed E-state index contributed by atoms with van der Waals surface area (Å²) in [7, 11) is 0. The van der Waals surface area contributed by atoms with Gasteiger partial charge < -0.3 is 9.47 Å². The molecular formula is C31H22BrClN2O5. The number of urea groups is 1. The van der Waals surface area contributed by atoms with Crippen molar-refractivity contribution in [2.45, 2.75) is 13.2 Å². The Morgan fingerprint density at radius 2 is 1.55 bits per heavy atom. The van der Waals surface area contributed by atoms with Crippen molar-refractivity contribution in [3.05, 3.63) is 129 Å². The van der Waals surface area contributed by atoms with Crippen LogP contribution in [0.1, 0.15) is 16.7 Å². The summed E-state index contributed by atoms with van der Waals surface area (Å²) < 4.78 is 12.7. The lowest BCUT2D eigenvalue weighted by Gasteiger charge is -2.26. The minimum Gasteiger partial charge on any atom is -0.489 e. The van der Waals surface area contributed by atoms with Crippen LogP contribution in [0.25, 0.3) is 6.08 Å². The van der Waals surface area contributed by atoms with Gasteiger partial charge >= 0.3 is 6.03 Å². The molecule has 1 saturated heterocycles. The summed E-state index contributed by atoms with van der Waals surface area (Å²) in [5.74, 6) is -0.610. The largest absolute Gasteiger partial charge is 0.489 e. The molecule has 0 spiro atoms. The van der Waals surface area contributed by atoms with E-state index in [0.717, 1.165) is 20.5 Å². The number of halogens is 2. The molecule has 1 aliphatic rings. The third kappa shape index (κ3) is 6.25. The lowest BCUT2D eigenvalue weighted by atomic mass is 10.1. The summed E-state index contributed by atoms with van der Waals surface area (Å²) >= 11 is 9.72. The van der Waals surface area contributed by atoms with E-state index in [1.165, 1.54) is 6.08 Å². The van der Waals surface area contributed by atoms with E-state index in [9.17, 15) is 14.4 Å². The Kier molecular flexibility index (Phi) is 8.28. The SMILES string of the molecule is O=C1NC(=O)N(c2ccc(OCc3ccccc3)cc2)C(=O)/C1=C/c1cc(Cl)ccc1OCc1ccccc1Br. The monoisotopic (exact) mass is 616 g/mol. The van der Waals surface area contributed by atoms with Gasteiger partial charge in [0.05, 0.1) is 5.69 Å². The van der Waals surface area contributed by atoms with Gasteiger partial charge in [0.25, 0.3) is 11.8 Å². The normalized spacial score (nSPS) is 14.3. The van der Waals surface area contributed by atoms with Crippen molar-refractivity contribution in [3.63, 3.8) is 0 Å². The molecule has 1 N–H and O–H groups in total. The van der Waals surface area contributed by atoms with Crippen molar-refractivity contribution in [3.8, 4) is 11.5 Å². The number of nitrogens with zero attached hydrogens (tertiary/aromatic N) is 1. The molecule has 4 amide bonds. The zero-order valence-corrected chi connectivity index (χ0v) is 23.3. The summed E-state index contributed by atoms with van der Waals surface area (Å²) in [5, 5.41) is 2.63. The van der Waals surface area contributed by atoms with Crippen molar-refractivity contribution in [1.29, 1.82) is 0 Å². The molecule has 0 bridgehead atoms. The van der Waals surface area contributed by atoms with E-state index in [-0.39, 0.29) is 17.9 Å². The van der Waals surface area contributed by atoms with E-state index in [1.807, 2.05) is 54.6 Å². The van der Waals surface area contributed by atoms with Gasteiger partial charge in [0.15, 0.2) is 0 Å². The van der Waals surface area contributed by atoms with E-state index < -0.39 is 17.8 Å². The topological polar surface area (TPSA) is 84.9 Å². The van der Waals surface area contributed by atoms with Gasteiger partial charge in [0.2, 0.25) is 0 Å². The molecule has 0 radical (unpaired) electrons.